The summed E-state index contributed by atoms with van der Waals surface area (Å²) in [5, 5.41) is 0. The number of halogens is 1. The third-order valence-electron chi connectivity index (χ3n) is 2.28. The van der Waals surface area contributed by atoms with Crippen LogP contribution in [0.3, 0.4) is 0 Å². The lowest BCUT2D eigenvalue weighted by Crippen LogP contribution is -1.95. The van der Waals surface area contributed by atoms with Gasteiger partial charge in [0.1, 0.15) is 5.82 Å². The Morgan fingerprint density at radius 1 is 1.00 bits per heavy atom. The summed E-state index contributed by atoms with van der Waals surface area (Å²) in [5.41, 5.74) is 6.83. The lowest BCUT2D eigenvalue weighted by molar-refractivity contribution is 0.618. The Hall–Kier alpha value is -1.48. The number of anilines is 1. The largest absolute Gasteiger partial charge is 0.398 e. The second-order valence-corrected chi connectivity index (χ2v) is 4.46. The van der Waals surface area contributed by atoms with Crippen molar-refractivity contribution in [3.8, 4) is 0 Å². The van der Waals surface area contributed by atoms with E-state index in [0.717, 1.165) is 4.90 Å². The third kappa shape index (κ3) is 2.55. The fourth-order valence-corrected chi connectivity index (χ4v) is 2.36. The van der Waals surface area contributed by atoms with Crippen LogP contribution in [0.5, 0.6) is 0 Å². The maximum Gasteiger partial charge on any atom is 0.129 e. The van der Waals surface area contributed by atoms with Crippen LogP contribution in [-0.2, 0) is 5.75 Å². The SMILES string of the molecule is Nc1cccc(F)c1CSc1ccccc1. The van der Waals surface area contributed by atoms with Gasteiger partial charge in [-0.25, -0.2) is 4.39 Å². The summed E-state index contributed by atoms with van der Waals surface area (Å²) >= 11 is 1.58. The van der Waals surface area contributed by atoms with E-state index in [1.807, 2.05) is 30.3 Å². The van der Waals surface area contributed by atoms with Crippen LogP contribution in [0.4, 0.5) is 10.1 Å². The van der Waals surface area contributed by atoms with Gasteiger partial charge in [0, 0.05) is 21.9 Å². The van der Waals surface area contributed by atoms with E-state index in [1.165, 1.54) is 6.07 Å². The Balaban J connectivity index is 2.11. The number of hydrogen-bond donors (Lipinski definition) is 1. The molecule has 82 valence electrons. The Labute approximate surface area is 98.5 Å². The molecule has 0 aliphatic heterocycles. The van der Waals surface area contributed by atoms with E-state index >= 15 is 0 Å². The lowest BCUT2D eigenvalue weighted by atomic mass is 10.2. The number of rotatable bonds is 3. The van der Waals surface area contributed by atoms with Crippen LogP contribution < -0.4 is 5.73 Å². The first-order chi connectivity index (χ1) is 7.77. The van der Waals surface area contributed by atoms with E-state index in [4.69, 9.17) is 5.73 Å². The summed E-state index contributed by atoms with van der Waals surface area (Å²) in [5.74, 6) is 0.325. The zero-order valence-electron chi connectivity index (χ0n) is 8.69. The van der Waals surface area contributed by atoms with Gasteiger partial charge in [-0.15, -0.1) is 11.8 Å². The predicted octanol–water partition coefficient (Wildman–Crippen LogP) is 3.70. The molecule has 2 aromatic carbocycles. The monoisotopic (exact) mass is 233 g/mol. The molecule has 0 radical (unpaired) electrons. The molecule has 1 nitrogen and oxygen atoms in total. The van der Waals surface area contributed by atoms with Crippen molar-refractivity contribution in [2.45, 2.75) is 10.6 Å². The van der Waals surface area contributed by atoms with E-state index in [0.29, 0.717) is 17.0 Å². The van der Waals surface area contributed by atoms with Crippen molar-refractivity contribution in [2.24, 2.45) is 0 Å². The van der Waals surface area contributed by atoms with Gasteiger partial charge in [0.2, 0.25) is 0 Å². The van der Waals surface area contributed by atoms with Crippen molar-refractivity contribution < 1.29 is 4.39 Å². The lowest BCUT2D eigenvalue weighted by Gasteiger charge is -2.06. The molecule has 0 bridgehead atoms. The van der Waals surface area contributed by atoms with Gasteiger partial charge in [0.15, 0.2) is 0 Å². The Morgan fingerprint density at radius 3 is 2.44 bits per heavy atom. The zero-order chi connectivity index (χ0) is 11.4. The molecular formula is C13H12FNS. The maximum atomic E-state index is 13.5. The van der Waals surface area contributed by atoms with Crippen LogP contribution in [0, 0.1) is 5.82 Å². The van der Waals surface area contributed by atoms with Gasteiger partial charge >= 0.3 is 0 Å². The number of hydrogen-bond acceptors (Lipinski definition) is 2. The maximum absolute atomic E-state index is 13.5. The summed E-state index contributed by atoms with van der Waals surface area (Å²) in [6.07, 6.45) is 0. The molecule has 0 aromatic heterocycles. The summed E-state index contributed by atoms with van der Waals surface area (Å²) in [6, 6.07) is 14.7. The van der Waals surface area contributed by atoms with E-state index in [2.05, 4.69) is 0 Å². The highest BCUT2D eigenvalue weighted by molar-refractivity contribution is 7.98. The van der Waals surface area contributed by atoms with Crippen LogP contribution in [0.25, 0.3) is 0 Å². The minimum absolute atomic E-state index is 0.233. The molecule has 2 rings (SSSR count). The number of thioether (sulfide) groups is 1. The Kier molecular flexibility index (Phi) is 3.47. The van der Waals surface area contributed by atoms with Crippen molar-refractivity contribution in [3.05, 3.63) is 59.9 Å². The number of nitrogens with two attached hydrogens (primary N) is 1. The molecule has 0 atom stereocenters. The Bertz CT molecular complexity index is 450. The van der Waals surface area contributed by atoms with Crippen molar-refractivity contribution in [3.63, 3.8) is 0 Å². The molecule has 0 spiro atoms. The molecule has 0 saturated heterocycles. The molecule has 2 N–H and O–H groups in total. The predicted molar refractivity (Wildman–Crippen MR) is 66.8 cm³/mol. The third-order valence-corrected chi connectivity index (χ3v) is 3.32. The molecule has 0 aliphatic rings. The average molecular weight is 233 g/mol. The molecule has 3 heteroatoms. The number of benzene rings is 2. The topological polar surface area (TPSA) is 26.0 Å². The quantitative estimate of drug-likeness (QED) is 0.646. The zero-order valence-corrected chi connectivity index (χ0v) is 9.51. The molecule has 0 unspecified atom stereocenters. The molecule has 0 aliphatic carbocycles. The normalized spacial score (nSPS) is 10.3. The summed E-state index contributed by atoms with van der Waals surface area (Å²) in [6.45, 7) is 0. The van der Waals surface area contributed by atoms with Gasteiger partial charge in [0.25, 0.3) is 0 Å². The van der Waals surface area contributed by atoms with E-state index in [9.17, 15) is 4.39 Å². The van der Waals surface area contributed by atoms with E-state index in [-0.39, 0.29) is 5.82 Å². The molecule has 16 heavy (non-hydrogen) atoms. The first kappa shape index (κ1) is 11.0. The molecular weight excluding hydrogens is 221 g/mol. The number of nitrogen functional groups attached to an aromatic ring is 1. The van der Waals surface area contributed by atoms with Crippen molar-refractivity contribution in [2.75, 3.05) is 5.73 Å². The Morgan fingerprint density at radius 2 is 1.75 bits per heavy atom. The molecule has 0 amide bonds. The summed E-state index contributed by atoms with van der Waals surface area (Å²) < 4.78 is 13.5. The van der Waals surface area contributed by atoms with Gasteiger partial charge in [-0.2, -0.15) is 0 Å². The van der Waals surface area contributed by atoms with Gasteiger partial charge in [-0.1, -0.05) is 24.3 Å². The highest BCUT2D eigenvalue weighted by Crippen LogP contribution is 2.26. The van der Waals surface area contributed by atoms with E-state index in [1.54, 1.807) is 23.9 Å². The highest BCUT2D eigenvalue weighted by Gasteiger charge is 2.06. The van der Waals surface area contributed by atoms with Crippen molar-refractivity contribution in [1.29, 1.82) is 0 Å². The molecule has 0 heterocycles. The molecule has 0 fully saturated rings. The molecule has 2 aromatic rings. The highest BCUT2D eigenvalue weighted by atomic mass is 32.2. The van der Waals surface area contributed by atoms with E-state index < -0.39 is 0 Å². The van der Waals surface area contributed by atoms with Gasteiger partial charge in [-0.05, 0) is 24.3 Å². The summed E-state index contributed by atoms with van der Waals surface area (Å²) in [7, 11) is 0. The van der Waals surface area contributed by atoms with Crippen LogP contribution in [-0.4, -0.2) is 0 Å². The van der Waals surface area contributed by atoms with Gasteiger partial charge in [-0.3, -0.25) is 0 Å². The smallest absolute Gasteiger partial charge is 0.129 e. The second-order valence-electron chi connectivity index (χ2n) is 3.41. The van der Waals surface area contributed by atoms with Gasteiger partial charge in [0.05, 0.1) is 0 Å². The average Bonchev–Trinajstić information content (AvgIpc) is 2.30. The fraction of sp³-hybridized carbons (Fsp3) is 0.0769. The van der Waals surface area contributed by atoms with Gasteiger partial charge < -0.3 is 5.73 Å². The molecule has 0 saturated carbocycles. The van der Waals surface area contributed by atoms with Crippen LogP contribution >= 0.6 is 11.8 Å². The van der Waals surface area contributed by atoms with Crippen LogP contribution in [0.1, 0.15) is 5.56 Å². The minimum Gasteiger partial charge on any atom is -0.398 e. The first-order valence-electron chi connectivity index (χ1n) is 4.98. The van der Waals surface area contributed by atoms with Crippen LogP contribution in [0.2, 0.25) is 0 Å². The minimum atomic E-state index is -0.233. The van der Waals surface area contributed by atoms with Crippen LogP contribution in [0.15, 0.2) is 53.4 Å². The second kappa shape index (κ2) is 5.03. The first-order valence-corrected chi connectivity index (χ1v) is 5.96. The summed E-state index contributed by atoms with van der Waals surface area (Å²) in [4.78, 5) is 1.12. The fourth-order valence-electron chi connectivity index (χ4n) is 1.40. The van der Waals surface area contributed by atoms with Crippen molar-refractivity contribution in [1.82, 2.24) is 0 Å². The van der Waals surface area contributed by atoms with Crippen molar-refractivity contribution >= 4 is 17.4 Å². The standard InChI is InChI=1S/C13H12FNS/c14-12-7-4-8-13(15)11(12)9-16-10-5-2-1-3-6-10/h1-8H,9,15H2.